The SMILES string of the molecule is Cc1ccc(CN2CCC3(CC2)CN(C(=O)C(C)(C)C)c2ccc(F)cc23)cc1. The molecule has 0 unspecified atom stereocenters. The lowest BCUT2D eigenvalue weighted by Crippen LogP contribution is -2.47. The zero-order valence-corrected chi connectivity index (χ0v) is 18.0. The maximum atomic E-state index is 14.1. The second kappa shape index (κ2) is 7.24. The van der Waals surface area contributed by atoms with Gasteiger partial charge in [-0.15, -0.1) is 0 Å². The standard InChI is InChI=1S/C25H31FN2O/c1-18-5-7-19(8-6-18)16-27-13-11-25(12-14-27)17-28(23(29)24(2,3)4)22-10-9-20(26)15-21(22)25/h5-10,15H,11-14,16-17H2,1-4H3. The summed E-state index contributed by atoms with van der Waals surface area (Å²) in [5.41, 5.74) is 3.93. The predicted octanol–water partition coefficient (Wildman–Crippen LogP) is 5.06. The van der Waals surface area contributed by atoms with Crippen LogP contribution in [0.2, 0.25) is 0 Å². The Morgan fingerprint density at radius 3 is 2.34 bits per heavy atom. The molecule has 0 saturated carbocycles. The highest BCUT2D eigenvalue weighted by atomic mass is 19.1. The lowest BCUT2D eigenvalue weighted by atomic mass is 9.74. The van der Waals surface area contributed by atoms with E-state index in [2.05, 4.69) is 36.1 Å². The Kier molecular flexibility index (Phi) is 5.02. The summed E-state index contributed by atoms with van der Waals surface area (Å²) in [5, 5.41) is 0. The molecule has 0 atom stereocenters. The Bertz CT molecular complexity index is 905. The van der Waals surface area contributed by atoms with Crippen LogP contribution in [0.15, 0.2) is 42.5 Å². The van der Waals surface area contributed by atoms with Crippen LogP contribution < -0.4 is 4.90 Å². The molecule has 1 amide bonds. The largest absolute Gasteiger partial charge is 0.311 e. The number of amides is 1. The van der Waals surface area contributed by atoms with Gasteiger partial charge in [-0.1, -0.05) is 50.6 Å². The minimum Gasteiger partial charge on any atom is -0.311 e. The summed E-state index contributed by atoms with van der Waals surface area (Å²) in [6.07, 6.45) is 1.90. The van der Waals surface area contributed by atoms with Crippen LogP contribution in [-0.2, 0) is 16.8 Å². The fourth-order valence-electron chi connectivity index (χ4n) is 4.75. The molecule has 2 aliphatic heterocycles. The van der Waals surface area contributed by atoms with E-state index < -0.39 is 5.41 Å². The summed E-state index contributed by atoms with van der Waals surface area (Å²) in [6, 6.07) is 13.7. The van der Waals surface area contributed by atoms with E-state index in [9.17, 15) is 9.18 Å². The van der Waals surface area contributed by atoms with Gasteiger partial charge in [-0.25, -0.2) is 4.39 Å². The van der Waals surface area contributed by atoms with Crippen LogP contribution in [0.4, 0.5) is 10.1 Å². The maximum Gasteiger partial charge on any atom is 0.232 e. The first kappa shape index (κ1) is 20.1. The first-order valence-electron chi connectivity index (χ1n) is 10.6. The molecule has 2 heterocycles. The van der Waals surface area contributed by atoms with Crippen LogP contribution in [0.5, 0.6) is 0 Å². The van der Waals surface area contributed by atoms with E-state index in [0.29, 0.717) is 6.54 Å². The molecule has 2 aliphatic rings. The average molecular weight is 395 g/mol. The molecule has 0 N–H and O–H groups in total. The third-order valence-corrected chi connectivity index (χ3v) is 6.51. The molecule has 0 radical (unpaired) electrons. The maximum absolute atomic E-state index is 14.1. The first-order valence-corrected chi connectivity index (χ1v) is 10.6. The van der Waals surface area contributed by atoms with Gasteiger partial charge in [-0.05, 0) is 62.2 Å². The molecule has 3 nitrogen and oxygen atoms in total. The Labute approximate surface area is 173 Å². The molecule has 0 aliphatic carbocycles. The molecule has 154 valence electrons. The van der Waals surface area contributed by atoms with E-state index in [1.54, 1.807) is 12.1 Å². The van der Waals surface area contributed by atoms with Gasteiger partial charge in [-0.2, -0.15) is 0 Å². The van der Waals surface area contributed by atoms with Crippen LogP contribution in [-0.4, -0.2) is 30.4 Å². The minimum atomic E-state index is -0.455. The van der Waals surface area contributed by atoms with E-state index >= 15 is 0 Å². The Morgan fingerprint density at radius 2 is 1.72 bits per heavy atom. The molecular weight excluding hydrogens is 363 g/mol. The number of fused-ring (bicyclic) bond motifs is 2. The number of hydrogen-bond donors (Lipinski definition) is 0. The summed E-state index contributed by atoms with van der Waals surface area (Å²) in [5.74, 6) is -0.0976. The number of nitrogens with zero attached hydrogens (tertiary/aromatic N) is 2. The number of piperidine rings is 1. The molecule has 1 fully saturated rings. The van der Waals surface area contributed by atoms with Crippen LogP contribution in [0.1, 0.15) is 50.3 Å². The van der Waals surface area contributed by atoms with Crippen molar-refractivity contribution in [1.82, 2.24) is 4.90 Å². The van der Waals surface area contributed by atoms with E-state index in [1.165, 1.54) is 17.2 Å². The molecule has 4 rings (SSSR count). The van der Waals surface area contributed by atoms with Crippen molar-refractivity contribution in [2.45, 2.75) is 52.5 Å². The lowest BCUT2D eigenvalue weighted by molar-refractivity contribution is -0.125. The highest BCUT2D eigenvalue weighted by Crippen LogP contribution is 2.48. The number of carbonyl (C=O) groups is 1. The number of carbonyl (C=O) groups excluding carboxylic acids is 1. The van der Waals surface area contributed by atoms with Crippen LogP contribution in [0.25, 0.3) is 0 Å². The van der Waals surface area contributed by atoms with Crippen molar-refractivity contribution in [3.05, 3.63) is 65.0 Å². The van der Waals surface area contributed by atoms with Crippen molar-refractivity contribution in [3.8, 4) is 0 Å². The van der Waals surface area contributed by atoms with Gasteiger partial charge in [-0.3, -0.25) is 9.69 Å². The molecule has 0 aromatic heterocycles. The van der Waals surface area contributed by atoms with Crippen molar-refractivity contribution in [2.24, 2.45) is 5.41 Å². The number of hydrogen-bond acceptors (Lipinski definition) is 2. The molecule has 2 aromatic rings. The van der Waals surface area contributed by atoms with Crippen molar-refractivity contribution < 1.29 is 9.18 Å². The van der Waals surface area contributed by atoms with E-state index in [0.717, 1.165) is 43.7 Å². The summed E-state index contributed by atoms with van der Waals surface area (Å²) in [4.78, 5) is 17.5. The highest BCUT2D eigenvalue weighted by Gasteiger charge is 2.47. The minimum absolute atomic E-state index is 0.115. The van der Waals surface area contributed by atoms with Gasteiger partial charge in [0.15, 0.2) is 0 Å². The summed E-state index contributed by atoms with van der Waals surface area (Å²) in [6.45, 7) is 11.5. The first-order chi connectivity index (χ1) is 13.7. The topological polar surface area (TPSA) is 23.6 Å². The van der Waals surface area contributed by atoms with Gasteiger partial charge in [0, 0.05) is 29.6 Å². The van der Waals surface area contributed by atoms with Crippen LogP contribution >= 0.6 is 0 Å². The zero-order chi connectivity index (χ0) is 20.8. The second-order valence-corrected chi connectivity index (χ2v) is 9.84. The Hall–Kier alpha value is -2.20. The van der Waals surface area contributed by atoms with Crippen molar-refractivity contribution >= 4 is 11.6 Å². The Morgan fingerprint density at radius 1 is 1.07 bits per heavy atom. The smallest absolute Gasteiger partial charge is 0.232 e. The zero-order valence-electron chi connectivity index (χ0n) is 18.0. The number of rotatable bonds is 2. The van der Waals surface area contributed by atoms with E-state index in [-0.39, 0.29) is 17.1 Å². The van der Waals surface area contributed by atoms with Gasteiger partial charge >= 0.3 is 0 Å². The summed E-state index contributed by atoms with van der Waals surface area (Å²) >= 11 is 0. The fourth-order valence-corrected chi connectivity index (χ4v) is 4.75. The third kappa shape index (κ3) is 3.83. The monoisotopic (exact) mass is 394 g/mol. The lowest BCUT2D eigenvalue weighted by Gasteiger charge is -2.40. The number of likely N-dealkylation sites (tertiary alicyclic amines) is 1. The van der Waals surface area contributed by atoms with Gasteiger partial charge < -0.3 is 4.90 Å². The fraction of sp³-hybridized carbons (Fsp3) is 0.480. The number of anilines is 1. The number of aryl methyl sites for hydroxylation is 1. The molecule has 0 bridgehead atoms. The normalized spacial score (nSPS) is 18.9. The van der Waals surface area contributed by atoms with Crippen molar-refractivity contribution in [3.63, 3.8) is 0 Å². The predicted molar refractivity (Wildman–Crippen MR) is 116 cm³/mol. The van der Waals surface area contributed by atoms with Crippen LogP contribution in [0.3, 0.4) is 0 Å². The molecule has 1 spiro atoms. The molecule has 4 heteroatoms. The number of halogens is 1. The molecule has 2 aromatic carbocycles. The molecule has 29 heavy (non-hydrogen) atoms. The van der Waals surface area contributed by atoms with Gasteiger partial charge in [0.2, 0.25) is 5.91 Å². The van der Waals surface area contributed by atoms with E-state index in [1.807, 2.05) is 25.7 Å². The summed E-state index contributed by atoms with van der Waals surface area (Å²) < 4.78 is 14.1. The summed E-state index contributed by atoms with van der Waals surface area (Å²) in [7, 11) is 0. The van der Waals surface area contributed by atoms with Gasteiger partial charge in [0.05, 0.1) is 0 Å². The third-order valence-electron chi connectivity index (χ3n) is 6.51. The van der Waals surface area contributed by atoms with Gasteiger partial charge in [0.25, 0.3) is 0 Å². The van der Waals surface area contributed by atoms with E-state index in [4.69, 9.17) is 0 Å². The van der Waals surface area contributed by atoms with Crippen LogP contribution in [0, 0.1) is 18.2 Å². The quantitative estimate of drug-likeness (QED) is 0.711. The number of benzene rings is 2. The average Bonchev–Trinajstić information content (AvgIpc) is 2.97. The highest BCUT2D eigenvalue weighted by molar-refractivity contribution is 5.99. The van der Waals surface area contributed by atoms with Crippen molar-refractivity contribution in [1.29, 1.82) is 0 Å². The van der Waals surface area contributed by atoms with Crippen molar-refractivity contribution in [2.75, 3.05) is 24.5 Å². The molecule has 1 saturated heterocycles. The van der Waals surface area contributed by atoms with Gasteiger partial charge in [0.1, 0.15) is 5.82 Å². The Balaban J connectivity index is 1.55. The second-order valence-electron chi connectivity index (χ2n) is 9.84. The molecular formula is C25H31FN2O.